The SMILES string of the molecule is CCOC(=O)c1cccnc1NC(CC)C(=O)OC. The Morgan fingerprint density at radius 2 is 2.16 bits per heavy atom. The number of esters is 2. The molecule has 6 heteroatoms. The van der Waals surface area contributed by atoms with Crippen LogP contribution in [0.15, 0.2) is 18.3 Å². The van der Waals surface area contributed by atoms with Crippen molar-refractivity contribution < 1.29 is 19.1 Å². The molecule has 1 unspecified atom stereocenters. The third kappa shape index (κ3) is 3.94. The highest BCUT2D eigenvalue weighted by Crippen LogP contribution is 2.15. The number of nitrogens with one attached hydrogen (secondary N) is 1. The van der Waals surface area contributed by atoms with Crippen LogP contribution in [-0.4, -0.2) is 36.7 Å². The minimum Gasteiger partial charge on any atom is -0.467 e. The van der Waals surface area contributed by atoms with Gasteiger partial charge >= 0.3 is 11.9 Å². The van der Waals surface area contributed by atoms with E-state index < -0.39 is 18.0 Å². The fraction of sp³-hybridized carbons (Fsp3) is 0.462. The summed E-state index contributed by atoms with van der Waals surface area (Å²) >= 11 is 0. The fourth-order valence-corrected chi connectivity index (χ4v) is 1.53. The molecule has 1 aromatic heterocycles. The number of aromatic nitrogens is 1. The molecular formula is C13H18N2O4. The molecule has 0 radical (unpaired) electrons. The molecule has 1 aromatic rings. The lowest BCUT2D eigenvalue weighted by Crippen LogP contribution is -2.31. The van der Waals surface area contributed by atoms with E-state index in [1.165, 1.54) is 13.3 Å². The van der Waals surface area contributed by atoms with Crippen LogP contribution in [0, 0.1) is 0 Å². The maximum Gasteiger partial charge on any atom is 0.341 e. The lowest BCUT2D eigenvalue weighted by atomic mass is 10.2. The average molecular weight is 266 g/mol. The van der Waals surface area contributed by atoms with Crippen LogP contribution in [0.5, 0.6) is 0 Å². The number of pyridine rings is 1. The Morgan fingerprint density at radius 1 is 1.42 bits per heavy atom. The van der Waals surface area contributed by atoms with Gasteiger partial charge in [-0.05, 0) is 25.5 Å². The number of rotatable bonds is 6. The van der Waals surface area contributed by atoms with Crippen molar-refractivity contribution in [2.75, 3.05) is 19.0 Å². The molecule has 0 aliphatic carbocycles. The predicted molar refractivity (Wildman–Crippen MR) is 69.9 cm³/mol. The number of carbonyl (C=O) groups is 2. The Bertz CT molecular complexity index is 448. The summed E-state index contributed by atoms with van der Waals surface area (Å²) in [6, 6.07) is 2.68. The minimum absolute atomic E-state index is 0.279. The van der Waals surface area contributed by atoms with Crippen molar-refractivity contribution >= 4 is 17.8 Å². The minimum atomic E-state index is -0.548. The van der Waals surface area contributed by atoms with E-state index in [1.54, 1.807) is 19.1 Å². The Labute approximate surface area is 112 Å². The number of ether oxygens (including phenoxy) is 2. The summed E-state index contributed by atoms with van der Waals surface area (Å²) in [4.78, 5) is 27.3. The predicted octanol–water partition coefficient (Wildman–Crippen LogP) is 1.62. The molecule has 1 atom stereocenters. The summed E-state index contributed by atoms with van der Waals surface area (Å²) in [5.74, 6) is -0.556. The number of nitrogens with zero attached hydrogens (tertiary/aromatic N) is 1. The lowest BCUT2D eigenvalue weighted by Gasteiger charge is -2.16. The molecule has 0 bridgehead atoms. The number of anilines is 1. The first kappa shape index (κ1) is 14.9. The summed E-state index contributed by atoms with van der Waals surface area (Å²) in [5, 5.41) is 2.90. The van der Waals surface area contributed by atoms with Crippen LogP contribution in [0.1, 0.15) is 30.6 Å². The van der Waals surface area contributed by atoms with Gasteiger partial charge in [-0.1, -0.05) is 6.92 Å². The molecule has 0 aliphatic heterocycles. The maximum absolute atomic E-state index is 11.8. The number of hydrogen-bond donors (Lipinski definition) is 1. The zero-order chi connectivity index (χ0) is 14.3. The molecule has 1 N–H and O–H groups in total. The smallest absolute Gasteiger partial charge is 0.341 e. The van der Waals surface area contributed by atoms with Crippen molar-refractivity contribution in [3.63, 3.8) is 0 Å². The molecule has 0 saturated carbocycles. The normalized spacial score (nSPS) is 11.5. The molecule has 1 heterocycles. The van der Waals surface area contributed by atoms with Gasteiger partial charge in [0.1, 0.15) is 17.4 Å². The van der Waals surface area contributed by atoms with E-state index in [9.17, 15) is 9.59 Å². The first-order chi connectivity index (χ1) is 9.13. The van der Waals surface area contributed by atoms with Crippen molar-refractivity contribution in [3.05, 3.63) is 23.9 Å². The van der Waals surface area contributed by atoms with Gasteiger partial charge in [-0.25, -0.2) is 14.6 Å². The Morgan fingerprint density at radius 3 is 2.74 bits per heavy atom. The lowest BCUT2D eigenvalue weighted by molar-refractivity contribution is -0.141. The molecular weight excluding hydrogens is 248 g/mol. The van der Waals surface area contributed by atoms with Gasteiger partial charge in [-0.15, -0.1) is 0 Å². The summed E-state index contributed by atoms with van der Waals surface area (Å²) in [6.07, 6.45) is 2.06. The molecule has 0 fully saturated rings. The van der Waals surface area contributed by atoms with E-state index in [1.807, 2.05) is 6.92 Å². The van der Waals surface area contributed by atoms with Crippen molar-refractivity contribution in [2.45, 2.75) is 26.3 Å². The van der Waals surface area contributed by atoms with Crippen LogP contribution in [0.3, 0.4) is 0 Å². The molecule has 0 aromatic carbocycles. The third-order valence-corrected chi connectivity index (χ3v) is 2.51. The maximum atomic E-state index is 11.8. The second-order valence-electron chi connectivity index (χ2n) is 3.75. The summed E-state index contributed by atoms with van der Waals surface area (Å²) in [7, 11) is 1.32. The monoisotopic (exact) mass is 266 g/mol. The van der Waals surface area contributed by atoms with E-state index in [4.69, 9.17) is 4.74 Å². The van der Waals surface area contributed by atoms with Crippen molar-refractivity contribution in [2.24, 2.45) is 0 Å². The quantitative estimate of drug-likeness (QED) is 0.788. The topological polar surface area (TPSA) is 77.5 Å². The summed E-state index contributed by atoms with van der Waals surface area (Å²) in [5.41, 5.74) is 0.298. The van der Waals surface area contributed by atoms with E-state index in [0.717, 1.165) is 0 Å². The fourth-order valence-electron chi connectivity index (χ4n) is 1.53. The van der Waals surface area contributed by atoms with Crippen molar-refractivity contribution in [1.29, 1.82) is 0 Å². The number of methoxy groups -OCH3 is 1. The van der Waals surface area contributed by atoms with Crippen LogP contribution in [0.2, 0.25) is 0 Å². The Hall–Kier alpha value is -2.11. The van der Waals surface area contributed by atoms with Crippen LogP contribution in [0.25, 0.3) is 0 Å². The highest BCUT2D eigenvalue weighted by molar-refractivity contribution is 5.95. The number of hydrogen-bond acceptors (Lipinski definition) is 6. The van der Waals surface area contributed by atoms with Gasteiger partial charge in [0.25, 0.3) is 0 Å². The van der Waals surface area contributed by atoms with Gasteiger partial charge in [-0.2, -0.15) is 0 Å². The molecule has 6 nitrogen and oxygen atoms in total. The van der Waals surface area contributed by atoms with Crippen LogP contribution < -0.4 is 5.32 Å². The first-order valence-corrected chi connectivity index (χ1v) is 6.10. The molecule has 19 heavy (non-hydrogen) atoms. The largest absolute Gasteiger partial charge is 0.467 e. The summed E-state index contributed by atoms with van der Waals surface area (Å²) < 4.78 is 9.61. The zero-order valence-electron chi connectivity index (χ0n) is 11.3. The van der Waals surface area contributed by atoms with Gasteiger partial charge < -0.3 is 14.8 Å². The molecule has 0 saturated heterocycles. The van der Waals surface area contributed by atoms with E-state index in [-0.39, 0.29) is 6.61 Å². The second-order valence-corrected chi connectivity index (χ2v) is 3.75. The molecule has 1 rings (SSSR count). The van der Waals surface area contributed by atoms with E-state index >= 15 is 0 Å². The number of carbonyl (C=O) groups excluding carboxylic acids is 2. The highest BCUT2D eigenvalue weighted by atomic mass is 16.5. The van der Waals surface area contributed by atoms with E-state index in [0.29, 0.717) is 17.8 Å². The van der Waals surface area contributed by atoms with E-state index in [2.05, 4.69) is 15.0 Å². The molecule has 0 amide bonds. The second kappa shape index (κ2) is 7.35. The van der Waals surface area contributed by atoms with Gasteiger partial charge in [0.2, 0.25) is 0 Å². The average Bonchev–Trinajstić information content (AvgIpc) is 2.44. The summed E-state index contributed by atoms with van der Waals surface area (Å²) in [6.45, 7) is 3.84. The van der Waals surface area contributed by atoms with Gasteiger partial charge in [-0.3, -0.25) is 0 Å². The van der Waals surface area contributed by atoms with Gasteiger partial charge in [0.15, 0.2) is 0 Å². The van der Waals surface area contributed by atoms with Crippen molar-refractivity contribution in [1.82, 2.24) is 4.98 Å². The standard InChI is InChI=1S/C13H18N2O4/c1-4-10(13(17)18-3)15-11-9(7-6-8-14-11)12(16)19-5-2/h6-8,10H,4-5H2,1-3H3,(H,14,15). The molecule has 0 aliphatic rings. The van der Waals surface area contributed by atoms with Crippen LogP contribution >= 0.6 is 0 Å². The Balaban J connectivity index is 2.94. The van der Waals surface area contributed by atoms with Gasteiger partial charge in [0.05, 0.1) is 13.7 Å². The van der Waals surface area contributed by atoms with Crippen LogP contribution in [0.4, 0.5) is 5.82 Å². The van der Waals surface area contributed by atoms with Crippen molar-refractivity contribution in [3.8, 4) is 0 Å². The highest BCUT2D eigenvalue weighted by Gasteiger charge is 2.21. The van der Waals surface area contributed by atoms with Gasteiger partial charge in [0, 0.05) is 6.20 Å². The first-order valence-electron chi connectivity index (χ1n) is 6.10. The zero-order valence-corrected chi connectivity index (χ0v) is 11.3. The molecule has 0 spiro atoms. The van der Waals surface area contributed by atoms with Crippen LogP contribution in [-0.2, 0) is 14.3 Å². The third-order valence-electron chi connectivity index (χ3n) is 2.51. The Kier molecular flexibility index (Phi) is 5.78. The molecule has 104 valence electrons.